The summed E-state index contributed by atoms with van der Waals surface area (Å²) in [5.41, 5.74) is 0. The highest BCUT2D eigenvalue weighted by Gasteiger charge is 2.25. The molecule has 1 amide bonds. The van der Waals surface area contributed by atoms with E-state index in [9.17, 15) is 9.18 Å². The minimum absolute atomic E-state index is 0.0789. The van der Waals surface area contributed by atoms with Gasteiger partial charge in [0.2, 0.25) is 5.88 Å². The zero-order valence-corrected chi connectivity index (χ0v) is 13.1. The number of rotatable bonds is 5. The Morgan fingerprint density at radius 1 is 1.29 bits per heavy atom. The minimum atomic E-state index is -0.479. The molecular formula is C17H18FN3O3. The Morgan fingerprint density at radius 3 is 2.96 bits per heavy atom. The molecule has 126 valence electrons. The molecule has 0 bridgehead atoms. The average Bonchev–Trinajstić information content (AvgIpc) is 2.62. The number of likely N-dealkylation sites (tertiary alicyclic amines) is 1. The number of hydrogen-bond donors (Lipinski definition) is 0. The topological polar surface area (TPSA) is 64.5 Å². The van der Waals surface area contributed by atoms with Gasteiger partial charge < -0.3 is 14.4 Å². The third-order valence-corrected chi connectivity index (χ3v) is 3.75. The van der Waals surface area contributed by atoms with Crippen molar-refractivity contribution < 1.29 is 18.7 Å². The summed E-state index contributed by atoms with van der Waals surface area (Å²) in [5.74, 6) is -0.145. The van der Waals surface area contributed by atoms with Crippen LogP contribution in [0, 0.1) is 5.82 Å². The molecule has 24 heavy (non-hydrogen) atoms. The van der Waals surface area contributed by atoms with Crippen LogP contribution in [-0.2, 0) is 4.79 Å². The van der Waals surface area contributed by atoms with E-state index in [-0.39, 0.29) is 24.4 Å². The zero-order valence-electron chi connectivity index (χ0n) is 13.1. The summed E-state index contributed by atoms with van der Waals surface area (Å²) in [6.07, 6.45) is 3.11. The van der Waals surface area contributed by atoms with E-state index in [0.29, 0.717) is 19.0 Å². The standard InChI is InChI=1S/C17H18FN3O3/c18-14-6-1-2-7-15(14)23-12-17(22)21-10-4-5-13(11-21)24-16-8-3-9-19-20-16/h1-3,6-9,13H,4-5,10-12H2/t13-/m1/s1. The largest absolute Gasteiger partial charge is 0.481 e. The Balaban J connectivity index is 1.52. The number of hydrogen-bond acceptors (Lipinski definition) is 5. The van der Waals surface area contributed by atoms with E-state index in [2.05, 4.69) is 10.2 Å². The lowest BCUT2D eigenvalue weighted by Gasteiger charge is -2.32. The van der Waals surface area contributed by atoms with Gasteiger partial charge in [0, 0.05) is 18.8 Å². The molecule has 0 saturated carbocycles. The second-order valence-corrected chi connectivity index (χ2v) is 5.50. The first-order valence-electron chi connectivity index (χ1n) is 7.82. The molecule has 0 unspecified atom stereocenters. The van der Waals surface area contributed by atoms with Gasteiger partial charge in [0.05, 0.1) is 6.54 Å². The van der Waals surface area contributed by atoms with Crippen LogP contribution in [0.4, 0.5) is 4.39 Å². The fraction of sp³-hybridized carbons (Fsp3) is 0.353. The summed E-state index contributed by atoms with van der Waals surface area (Å²) < 4.78 is 24.5. The van der Waals surface area contributed by atoms with Crippen LogP contribution in [0.2, 0.25) is 0 Å². The molecule has 0 spiro atoms. The number of carbonyl (C=O) groups excluding carboxylic acids is 1. The SMILES string of the molecule is O=C(COc1ccccc1F)N1CCC[C@@H](Oc2cccnn2)C1. The molecule has 0 aliphatic carbocycles. The fourth-order valence-corrected chi connectivity index (χ4v) is 2.57. The number of benzene rings is 1. The molecular weight excluding hydrogens is 313 g/mol. The van der Waals surface area contributed by atoms with Crippen molar-refractivity contribution in [2.45, 2.75) is 18.9 Å². The van der Waals surface area contributed by atoms with Crippen LogP contribution in [0.1, 0.15) is 12.8 Å². The molecule has 1 aliphatic rings. The summed E-state index contributed by atoms with van der Waals surface area (Å²) in [5, 5.41) is 7.65. The third kappa shape index (κ3) is 4.18. The second-order valence-electron chi connectivity index (χ2n) is 5.50. The van der Waals surface area contributed by atoms with Crippen molar-refractivity contribution in [3.63, 3.8) is 0 Å². The summed E-state index contributed by atoms with van der Waals surface area (Å²) in [6.45, 7) is 0.897. The summed E-state index contributed by atoms with van der Waals surface area (Å²) in [7, 11) is 0. The minimum Gasteiger partial charge on any atom is -0.481 e. The Bertz CT molecular complexity index is 684. The molecule has 3 rings (SSSR count). The van der Waals surface area contributed by atoms with Gasteiger partial charge in [-0.25, -0.2) is 4.39 Å². The van der Waals surface area contributed by atoms with Gasteiger partial charge in [-0.05, 0) is 31.0 Å². The van der Waals surface area contributed by atoms with Gasteiger partial charge in [-0.15, -0.1) is 5.10 Å². The highest BCUT2D eigenvalue weighted by molar-refractivity contribution is 5.77. The number of halogens is 1. The van der Waals surface area contributed by atoms with Gasteiger partial charge in [-0.2, -0.15) is 5.10 Å². The van der Waals surface area contributed by atoms with Crippen LogP contribution >= 0.6 is 0 Å². The summed E-state index contributed by atoms with van der Waals surface area (Å²) in [4.78, 5) is 13.9. The van der Waals surface area contributed by atoms with Crippen LogP contribution in [0.25, 0.3) is 0 Å². The molecule has 7 heteroatoms. The molecule has 1 aliphatic heterocycles. The zero-order chi connectivity index (χ0) is 16.8. The van der Waals surface area contributed by atoms with Crippen molar-refractivity contribution in [2.75, 3.05) is 19.7 Å². The molecule has 0 N–H and O–H groups in total. The summed E-state index contributed by atoms with van der Waals surface area (Å²) in [6, 6.07) is 9.51. The van der Waals surface area contributed by atoms with Gasteiger partial charge in [-0.1, -0.05) is 12.1 Å². The van der Waals surface area contributed by atoms with Crippen molar-refractivity contribution in [2.24, 2.45) is 0 Å². The van der Waals surface area contributed by atoms with Gasteiger partial charge >= 0.3 is 0 Å². The van der Waals surface area contributed by atoms with Crippen molar-refractivity contribution in [3.05, 3.63) is 48.4 Å². The Hall–Kier alpha value is -2.70. The second kappa shape index (κ2) is 7.72. The molecule has 6 nitrogen and oxygen atoms in total. The first-order valence-corrected chi connectivity index (χ1v) is 7.82. The number of amides is 1. The van der Waals surface area contributed by atoms with Crippen molar-refractivity contribution in [1.82, 2.24) is 15.1 Å². The molecule has 1 atom stereocenters. The molecule has 2 aromatic rings. The molecule has 1 aromatic heterocycles. The first-order chi connectivity index (χ1) is 11.7. The number of para-hydroxylation sites is 1. The Labute approximate surface area is 139 Å². The van der Waals surface area contributed by atoms with Crippen LogP contribution in [0.5, 0.6) is 11.6 Å². The lowest BCUT2D eigenvalue weighted by molar-refractivity contribution is -0.136. The van der Waals surface area contributed by atoms with Crippen LogP contribution in [0.3, 0.4) is 0 Å². The molecule has 1 aromatic carbocycles. The number of aromatic nitrogens is 2. The van der Waals surface area contributed by atoms with Crippen molar-refractivity contribution in [3.8, 4) is 11.6 Å². The number of ether oxygens (including phenoxy) is 2. The highest BCUT2D eigenvalue weighted by atomic mass is 19.1. The lowest BCUT2D eigenvalue weighted by atomic mass is 10.1. The normalized spacial score (nSPS) is 17.4. The Morgan fingerprint density at radius 2 is 2.17 bits per heavy atom. The van der Waals surface area contributed by atoms with E-state index in [1.807, 2.05) is 0 Å². The number of piperidine rings is 1. The van der Waals surface area contributed by atoms with E-state index in [4.69, 9.17) is 9.47 Å². The van der Waals surface area contributed by atoms with E-state index >= 15 is 0 Å². The number of nitrogens with zero attached hydrogens (tertiary/aromatic N) is 3. The maximum atomic E-state index is 13.5. The average molecular weight is 331 g/mol. The fourth-order valence-electron chi connectivity index (χ4n) is 2.57. The van der Waals surface area contributed by atoms with Gasteiger partial charge in [-0.3, -0.25) is 4.79 Å². The highest BCUT2D eigenvalue weighted by Crippen LogP contribution is 2.18. The molecule has 2 heterocycles. The Kier molecular flexibility index (Phi) is 5.20. The van der Waals surface area contributed by atoms with Crippen molar-refractivity contribution >= 4 is 5.91 Å². The smallest absolute Gasteiger partial charge is 0.260 e. The molecule has 1 fully saturated rings. The predicted molar refractivity (Wildman–Crippen MR) is 84.2 cm³/mol. The van der Waals surface area contributed by atoms with Crippen LogP contribution < -0.4 is 9.47 Å². The lowest BCUT2D eigenvalue weighted by Crippen LogP contribution is -2.46. The van der Waals surface area contributed by atoms with E-state index in [0.717, 1.165) is 12.8 Å². The number of carbonyl (C=O) groups is 1. The third-order valence-electron chi connectivity index (χ3n) is 3.75. The van der Waals surface area contributed by atoms with E-state index < -0.39 is 5.82 Å². The van der Waals surface area contributed by atoms with Gasteiger partial charge in [0.25, 0.3) is 5.91 Å². The molecule has 0 radical (unpaired) electrons. The van der Waals surface area contributed by atoms with Crippen molar-refractivity contribution in [1.29, 1.82) is 0 Å². The molecule has 1 saturated heterocycles. The van der Waals surface area contributed by atoms with Crippen LogP contribution in [-0.4, -0.2) is 46.8 Å². The van der Waals surface area contributed by atoms with Crippen LogP contribution in [0.15, 0.2) is 42.6 Å². The van der Waals surface area contributed by atoms with E-state index in [1.165, 1.54) is 12.1 Å². The van der Waals surface area contributed by atoms with Gasteiger partial charge in [0.15, 0.2) is 18.2 Å². The maximum absolute atomic E-state index is 13.5. The predicted octanol–water partition coefficient (Wildman–Crippen LogP) is 2.06. The van der Waals surface area contributed by atoms with Gasteiger partial charge in [0.1, 0.15) is 6.10 Å². The maximum Gasteiger partial charge on any atom is 0.260 e. The van der Waals surface area contributed by atoms with E-state index in [1.54, 1.807) is 35.4 Å². The summed E-state index contributed by atoms with van der Waals surface area (Å²) >= 11 is 0. The monoisotopic (exact) mass is 331 g/mol. The first kappa shape index (κ1) is 16.2. The quantitative estimate of drug-likeness (QED) is 0.839.